The van der Waals surface area contributed by atoms with Crippen LogP contribution < -0.4 is 5.73 Å². The fourth-order valence-corrected chi connectivity index (χ4v) is 2.20. The third-order valence-corrected chi connectivity index (χ3v) is 3.11. The Morgan fingerprint density at radius 3 is 2.65 bits per heavy atom. The van der Waals surface area contributed by atoms with Crippen molar-refractivity contribution < 1.29 is 19.1 Å². The van der Waals surface area contributed by atoms with Crippen LogP contribution in [0.2, 0.25) is 0 Å². The van der Waals surface area contributed by atoms with Crippen LogP contribution in [0.3, 0.4) is 0 Å². The topological polar surface area (TPSA) is 91.5 Å². The summed E-state index contributed by atoms with van der Waals surface area (Å²) in [4.78, 5) is 27.2. The summed E-state index contributed by atoms with van der Waals surface area (Å²) in [5.41, 5.74) is 5.57. The van der Waals surface area contributed by atoms with Gasteiger partial charge in [-0.2, -0.15) is 0 Å². The van der Waals surface area contributed by atoms with Gasteiger partial charge < -0.3 is 15.2 Å². The summed E-state index contributed by atoms with van der Waals surface area (Å²) in [6.45, 7) is 7.38. The van der Waals surface area contributed by atoms with Crippen LogP contribution in [0, 0.1) is 0 Å². The predicted molar refractivity (Wildman–Crippen MR) is 75.5 cm³/mol. The zero-order valence-electron chi connectivity index (χ0n) is 12.1. The van der Waals surface area contributed by atoms with Crippen LogP contribution in [0.25, 0.3) is 0 Å². The maximum absolute atomic E-state index is 11.7. The van der Waals surface area contributed by atoms with Crippen molar-refractivity contribution in [1.29, 1.82) is 0 Å². The van der Waals surface area contributed by atoms with Crippen molar-refractivity contribution in [3.63, 3.8) is 0 Å². The lowest BCUT2D eigenvalue weighted by atomic mass is 10.2. The molecular weight excluding hydrogens is 280 g/mol. The Morgan fingerprint density at radius 2 is 2.10 bits per heavy atom. The SMILES string of the molecule is CCOC(=O)c1csc(C(N)CC(=O)OC(C)(C)C)n1. The molecule has 0 spiro atoms. The van der Waals surface area contributed by atoms with E-state index in [1.54, 1.807) is 33.1 Å². The third-order valence-electron chi connectivity index (χ3n) is 2.13. The second-order valence-corrected chi connectivity index (χ2v) is 6.08. The van der Waals surface area contributed by atoms with Gasteiger partial charge in [0, 0.05) is 5.38 Å². The molecule has 112 valence electrons. The van der Waals surface area contributed by atoms with Gasteiger partial charge in [-0.05, 0) is 27.7 Å². The Hall–Kier alpha value is -1.47. The number of esters is 2. The molecule has 20 heavy (non-hydrogen) atoms. The minimum atomic E-state index is -0.585. The van der Waals surface area contributed by atoms with Gasteiger partial charge in [0.1, 0.15) is 10.6 Å². The molecule has 7 heteroatoms. The van der Waals surface area contributed by atoms with Crippen molar-refractivity contribution in [1.82, 2.24) is 4.98 Å². The highest BCUT2D eigenvalue weighted by Gasteiger charge is 2.22. The summed E-state index contributed by atoms with van der Waals surface area (Å²) in [5, 5.41) is 2.08. The van der Waals surface area contributed by atoms with E-state index in [1.165, 1.54) is 11.3 Å². The molecule has 0 saturated carbocycles. The Labute approximate surface area is 122 Å². The van der Waals surface area contributed by atoms with Crippen molar-refractivity contribution in [2.24, 2.45) is 5.73 Å². The average molecular weight is 300 g/mol. The van der Waals surface area contributed by atoms with E-state index in [0.29, 0.717) is 5.01 Å². The normalized spacial score (nSPS) is 12.8. The van der Waals surface area contributed by atoms with Crippen LogP contribution in [0.1, 0.15) is 55.7 Å². The van der Waals surface area contributed by atoms with E-state index in [9.17, 15) is 9.59 Å². The lowest BCUT2D eigenvalue weighted by Crippen LogP contribution is -2.26. The number of hydrogen-bond donors (Lipinski definition) is 1. The molecule has 0 radical (unpaired) electrons. The Morgan fingerprint density at radius 1 is 1.45 bits per heavy atom. The number of nitrogens with zero attached hydrogens (tertiary/aromatic N) is 1. The van der Waals surface area contributed by atoms with Gasteiger partial charge in [0.05, 0.1) is 19.1 Å². The van der Waals surface area contributed by atoms with Crippen molar-refractivity contribution in [2.75, 3.05) is 6.61 Å². The Balaban J connectivity index is 2.62. The van der Waals surface area contributed by atoms with Crippen molar-refractivity contribution in [2.45, 2.75) is 45.8 Å². The molecule has 0 aromatic carbocycles. The van der Waals surface area contributed by atoms with E-state index < -0.39 is 23.6 Å². The average Bonchev–Trinajstić information content (AvgIpc) is 2.75. The molecular formula is C13H20N2O4S. The summed E-state index contributed by atoms with van der Waals surface area (Å²) in [7, 11) is 0. The first kappa shape index (κ1) is 16.6. The van der Waals surface area contributed by atoms with Crippen molar-refractivity contribution in [3.8, 4) is 0 Å². The molecule has 1 heterocycles. The highest BCUT2D eigenvalue weighted by atomic mass is 32.1. The van der Waals surface area contributed by atoms with Crippen LogP contribution in [0.4, 0.5) is 0 Å². The largest absolute Gasteiger partial charge is 0.461 e. The predicted octanol–water partition coefficient (Wildman–Crippen LogP) is 2.05. The zero-order chi connectivity index (χ0) is 15.3. The number of carbonyl (C=O) groups is 2. The van der Waals surface area contributed by atoms with Gasteiger partial charge >= 0.3 is 11.9 Å². The molecule has 0 amide bonds. The first-order valence-electron chi connectivity index (χ1n) is 6.33. The van der Waals surface area contributed by atoms with Crippen molar-refractivity contribution in [3.05, 3.63) is 16.1 Å². The number of hydrogen-bond acceptors (Lipinski definition) is 7. The first-order chi connectivity index (χ1) is 9.23. The van der Waals surface area contributed by atoms with Crippen molar-refractivity contribution >= 4 is 23.3 Å². The number of aromatic nitrogens is 1. The molecule has 0 aliphatic heterocycles. The Kier molecular flexibility index (Phi) is 5.64. The molecule has 0 aliphatic rings. The quantitative estimate of drug-likeness (QED) is 0.837. The van der Waals surface area contributed by atoms with Crippen LogP contribution >= 0.6 is 11.3 Å². The van der Waals surface area contributed by atoms with Gasteiger partial charge in [-0.25, -0.2) is 9.78 Å². The second-order valence-electron chi connectivity index (χ2n) is 5.19. The molecule has 0 saturated heterocycles. The van der Waals surface area contributed by atoms with Crippen LogP contribution in [0.5, 0.6) is 0 Å². The van der Waals surface area contributed by atoms with Crippen LogP contribution in [-0.4, -0.2) is 29.1 Å². The first-order valence-corrected chi connectivity index (χ1v) is 7.21. The minimum absolute atomic E-state index is 0.0209. The molecule has 1 aromatic heterocycles. The van der Waals surface area contributed by atoms with E-state index in [2.05, 4.69) is 4.98 Å². The third kappa shape index (κ3) is 5.26. The lowest BCUT2D eigenvalue weighted by Gasteiger charge is -2.20. The van der Waals surface area contributed by atoms with E-state index in [-0.39, 0.29) is 18.7 Å². The molecule has 0 bridgehead atoms. The molecule has 6 nitrogen and oxygen atoms in total. The molecule has 0 fully saturated rings. The minimum Gasteiger partial charge on any atom is -0.461 e. The monoisotopic (exact) mass is 300 g/mol. The van der Waals surface area contributed by atoms with Gasteiger partial charge in [0.25, 0.3) is 0 Å². The van der Waals surface area contributed by atoms with E-state index >= 15 is 0 Å². The maximum atomic E-state index is 11.7. The zero-order valence-corrected chi connectivity index (χ0v) is 13.0. The highest BCUT2D eigenvalue weighted by Crippen LogP contribution is 2.21. The molecule has 1 atom stereocenters. The number of thiazole rings is 1. The summed E-state index contributed by atoms with van der Waals surface area (Å²) in [5.74, 6) is -0.877. The van der Waals surface area contributed by atoms with Gasteiger partial charge in [-0.3, -0.25) is 4.79 Å². The molecule has 1 rings (SSSR count). The fraction of sp³-hybridized carbons (Fsp3) is 0.615. The summed E-state index contributed by atoms with van der Waals surface area (Å²) in [6.07, 6.45) is 0.0209. The van der Waals surface area contributed by atoms with E-state index in [4.69, 9.17) is 15.2 Å². The highest BCUT2D eigenvalue weighted by molar-refractivity contribution is 7.09. The van der Waals surface area contributed by atoms with Gasteiger partial charge in [0.2, 0.25) is 0 Å². The van der Waals surface area contributed by atoms with Gasteiger partial charge in [0.15, 0.2) is 5.69 Å². The summed E-state index contributed by atoms with van der Waals surface area (Å²) >= 11 is 1.23. The number of carbonyl (C=O) groups excluding carboxylic acids is 2. The number of rotatable bonds is 5. The number of nitrogens with two attached hydrogens (primary N) is 1. The Bertz CT molecular complexity index is 479. The summed E-state index contributed by atoms with van der Waals surface area (Å²) in [6, 6.07) is -0.585. The standard InChI is InChI=1S/C13H20N2O4S/c1-5-18-12(17)9-7-20-11(15-9)8(14)6-10(16)19-13(2,3)4/h7-8H,5-6,14H2,1-4H3. The molecule has 2 N–H and O–H groups in total. The lowest BCUT2D eigenvalue weighted by molar-refractivity contribution is -0.155. The second kappa shape index (κ2) is 6.81. The smallest absolute Gasteiger partial charge is 0.357 e. The van der Waals surface area contributed by atoms with E-state index in [0.717, 1.165) is 0 Å². The van der Waals surface area contributed by atoms with Gasteiger partial charge in [-0.1, -0.05) is 0 Å². The van der Waals surface area contributed by atoms with E-state index in [1.807, 2.05) is 0 Å². The molecule has 1 aromatic rings. The number of ether oxygens (including phenoxy) is 2. The van der Waals surface area contributed by atoms with Gasteiger partial charge in [-0.15, -0.1) is 11.3 Å². The molecule has 1 unspecified atom stereocenters. The van der Waals surface area contributed by atoms with Crippen LogP contribution in [-0.2, 0) is 14.3 Å². The maximum Gasteiger partial charge on any atom is 0.357 e. The summed E-state index contributed by atoms with van der Waals surface area (Å²) < 4.78 is 10.0. The fourth-order valence-electron chi connectivity index (χ4n) is 1.41. The van der Waals surface area contributed by atoms with Crippen LogP contribution in [0.15, 0.2) is 5.38 Å². The molecule has 0 aliphatic carbocycles.